The van der Waals surface area contributed by atoms with Crippen LogP contribution in [0.5, 0.6) is 0 Å². The molecule has 70 heavy (non-hydrogen) atoms. The number of methoxy groups -OCH3 is 3. The largest absolute Gasteiger partial charge is 0.460 e. The van der Waals surface area contributed by atoms with Gasteiger partial charge in [-0.05, 0) is 114 Å². The molecule has 2 unspecified atom stereocenters. The maximum Gasteiger partial charge on any atom is 0.335 e. The number of ether oxygens (including phenoxy) is 5. The number of aliphatic hydroxyl groups is 3. The number of fused-ring (bicyclic) bond motifs is 3. The molecule has 0 aromatic carbocycles. The van der Waals surface area contributed by atoms with Gasteiger partial charge in [-0.3, -0.25) is 19.2 Å². The van der Waals surface area contributed by atoms with Crippen molar-refractivity contribution in [2.45, 2.75) is 187 Å². The van der Waals surface area contributed by atoms with E-state index in [1.807, 2.05) is 65.0 Å². The molecule has 0 spiro atoms. The van der Waals surface area contributed by atoms with Crippen LogP contribution in [-0.2, 0) is 52.2 Å². The second-order valence-corrected chi connectivity index (χ2v) is 22.4. The lowest BCUT2D eigenvalue weighted by atomic mass is 9.78. The van der Waals surface area contributed by atoms with Gasteiger partial charge in [0.15, 0.2) is 5.78 Å². The Morgan fingerprint density at radius 2 is 1.56 bits per heavy atom. The second kappa shape index (κ2) is 29.4. The summed E-state index contributed by atoms with van der Waals surface area (Å²) in [6, 6.07) is -1.14. The number of hydrogen-bond donors (Lipinski definition) is 3. The number of esters is 1. The standard InChI is InChI=1S/C51H79NO13.C3H8OP/c1-30-16-12-11-13-17-31(2)42(61-8)28-38-21-19-36(7)51(60,65-38)48(57)49(58)52-23-15-14-18-39(52)50(59)64-43(33(4)26-37-20-22-40(53)44(27-37)62-9)29-41(54)32(3)25-35(6)46(56)47(63-10)45(55)34(5)24-30;1-3-5(2)4/h11-13,16-17,25,30,32-34,36-40,42-44,46-47,53,56,60H,14-15,18-24,26-29H2,1-10H3;3H2,1-2H3/q;+1/b13-11+,16-12+,31-17+,35-25+;/t30-,32-,33-,34-,36-,37+,38+,39+,40?,42+,43+,44-,46-,47+,51-;/m1./s1. The van der Waals surface area contributed by atoms with E-state index in [1.165, 1.54) is 12.0 Å². The van der Waals surface area contributed by atoms with Crippen LogP contribution >= 0.6 is 7.80 Å². The molecule has 0 aromatic heterocycles. The van der Waals surface area contributed by atoms with Crippen LogP contribution in [0.15, 0.2) is 47.6 Å². The Hall–Kier alpha value is -3.27. The van der Waals surface area contributed by atoms with Crippen molar-refractivity contribution in [3.8, 4) is 0 Å². The summed E-state index contributed by atoms with van der Waals surface area (Å²) < 4.78 is 39.3. The van der Waals surface area contributed by atoms with Crippen molar-refractivity contribution in [1.82, 2.24) is 4.90 Å². The minimum absolute atomic E-state index is 0.0193. The maximum absolute atomic E-state index is 14.4. The van der Waals surface area contributed by atoms with Crippen LogP contribution in [0.2, 0.25) is 0 Å². The predicted molar refractivity (Wildman–Crippen MR) is 269 cm³/mol. The Balaban J connectivity index is 0.00000246. The summed E-state index contributed by atoms with van der Waals surface area (Å²) in [7, 11) is 3.67. The molecule has 4 rings (SSSR count). The van der Waals surface area contributed by atoms with E-state index in [-0.39, 0.29) is 54.8 Å². The number of nitrogens with zero attached hydrogens (tertiary/aromatic N) is 1. The zero-order chi connectivity index (χ0) is 52.5. The number of piperidine rings is 1. The SMILES string of the molecule is CC[P+](C)=O.CO[C@H]1C[C@@H]2CC[C@@H](C)[C@@](O)(O2)C(=O)C(=O)N2CCCC[C@H]2C(=O)O[C@H]([C@H](C)C[C@@H]2CCC(O)[C@H](OC)C2)CC(=O)[C@H](C)/C=C(\C)[C@@H](O)[C@@H](OC)C(=O)[C@H](C)C[C@H](C)/C=C/C=C/C=C/1C. The first kappa shape index (κ1) is 61.0. The summed E-state index contributed by atoms with van der Waals surface area (Å²) >= 11 is 0. The monoisotopic (exact) mass is 1000 g/mol. The van der Waals surface area contributed by atoms with Crippen LogP contribution in [0.4, 0.5) is 0 Å². The molecule has 4 aliphatic rings. The van der Waals surface area contributed by atoms with Crippen LogP contribution in [0.1, 0.15) is 132 Å². The first-order chi connectivity index (χ1) is 33.0. The summed E-state index contributed by atoms with van der Waals surface area (Å²) in [6.45, 7) is 16.4. The molecule has 16 atom stereocenters. The van der Waals surface area contributed by atoms with Gasteiger partial charge >= 0.3 is 13.8 Å². The molecule has 396 valence electrons. The van der Waals surface area contributed by atoms with E-state index in [1.54, 1.807) is 47.7 Å². The van der Waals surface area contributed by atoms with Crippen molar-refractivity contribution in [3.63, 3.8) is 0 Å². The number of ketones is 3. The highest BCUT2D eigenvalue weighted by atomic mass is 31.1. The van der Waals surface area contributed by atoms with Gasteiger partial charge in [0.2, 0.25) is 5.79 Å². The number of carbonyl (C=O) groups excluding carboxylic acids is 5. The lowest BCUT2D eigenvalue weighted by Crippen LogP contribution is -2.61. The Kier molecular flexibility index (Phi) is 25.7. The van der Waals surface area contributed by atoms with Crippen molar-refractivity contribution in [3.05, 3.63) is 47.6 Å². The number of cyclic esters (lactones) is 1. The molecule has 3 N–H and O–H groups in total. The highest BCUT2D eigenvalue weighted by Crippen LogP contribution is 2.38. The molecule has 2 saturated heterocycles. The van der Waals surface area contributed by atoms with Gasteiger partial charge in [-0.2, -0.15) is 0 Å². The fourth-order valence-electron chi connectivity index (χ4n) is 10.1. The lowest BCUT2D eigenvalue weighted by molar-refractivity contribution is -0.265. The van der Waals surface area contributed by atoms with Crippen LogP contribution < -0.4 is 0 Å². The third-order valence-corrected chi connectivity index (χ3v) is 15.8. The number of rotatable bonds is 7. The number of amides is 1. The van der Waals surface area contributed by atoms with Crippen molar-refractivity contribution < 1.29 is 67.5 Å². The van der Waals surface area contributed by atoms with Crippen molar-refractivity contribution in [2.75, 3.05) is 40.7 Å². The predicted octanol–water partition coefficient (Wildman–Crippen LogP) is 7.64. The number of hydrogen-bond acceptors (Lipinski definition) is 14. The van der Waals surface area contributed by atoms with Gasteiger partial charge in [0.25, 0.3) is 11.7 Å². The zero-order valence-corrected chi connectivity index (χ0v) is 45.1. The Labute approximate surface area is 419 Å². The number of aliphatic hydroxyl groups excluding tert-OH is 2. The average molecular weight is 1010 g/mol. The fourth-order valence-corrected chi connectivity index (χ4v) is 10.1. The highest BCUT2D eigenvalue weighted by Gasteiger charge is 2.53. The molecule has 15 nitrogen and oxygen atoms in total. The molecule has 1 saturated carbocycles. The van der Waals surface area contributed by atoms with E-state index in [0.29, 0.717) is 63.4 Å². The van der Waals surface area contributed by atoms with E-state index >= 15 is 0 Å². The van der Waals surface area contributed by atoms with Gasteiger partial charge in [-0.25, -0.2) is 4.79 Å². The normalized spacial score (nSPS) is 38.3. The van der Waals surface area contributed by atoms with E-state index in [4.69, 9.17) is 23.7 Å². The highest BCUT2D eigenvalue weighted by molar-refractivity contribution is 7.43. The van der Waals surface area contributed by atoms with Gasteiger partial charge < -0.3 is 43.9 Å². The van der Waals surface area contributed by atoms with E-state index in [0.717, 1.165) is 18.2 Å². The van der Waals surface area contributed by atoms with Gasteiger partial charge in [-0.1, -0.05) is 75.6 Å². The van der Waals surface area contributed by atoms with Crippen LogP contribution in [-0.4, -0.2) is 145 Å². The number of Topliss-reactive ketones (excluding diaryl/α,β-unsaturated/α-hetero) is 3. The van der Waals surface area contributed by atoms with Crippen molar-refractivity contribution >= 4 is 37.0 Å². The quantitative estimate of drug-likeness (QED) is 0.0968. The number of carbonyl (C=O) groups is 5. The van der Waals surface area contributed by atoms with E-state index in [2.05, 4.69) is 0 Å². The molecular weight excluding hydrogens is 918 g/mol. The van der Waals surface area contributed by atoms with Crippen LogP contribution in [0.3, 0.4) is 0 Å². The van der Waals surface area contributed by atoms with Gasteiger partial charge in [0.1, 0.15) is 43.0 Å². The summed E-state index contributed by atoms with van der Waals surface area (Å²) in [5.41, 5.74) is 1.27. The van der Waals surface area contributed by atoms with Crippen molar-refractivity contribution in [1.29, 1.82) is 0 Å². The van der Waals surface area contributed by atoms with E-state index < -0.39 is 91.7 Å². The zero-order valence-electron chi connectivity index (χ0n) is 44.2. The molecule has 0 radical (unpaired) electrons. The Bertz CT molecular complexity index is 1880. The lowest BCUT2D eigenvalue weighted by Gasteiger charge is -2.42. The molecule has 2 bridgehead atoms. The summed E-state index contributed by atoms with van der Waals surface area (Å²) in [4.78, 5) is 71.8. The smallest absolute Gasteiger partial charge is 0.335 e. The summed E-state index contributed by atoms with van der Waals surface area (Å²) in [6.07, 6.45) is 12.0. The molecule has 3 heterocycles. The van der Waals surface area contributed by atoms with Gasteiger partial charge in [-0.15, -0.1) is 0 Å². The summed E-state index contributed by atoms with van der Waals surface area (Å²) in [5, 5.41) is 33.8. The molecule has 1 aliphatic carbocycles. The maximum atomic E-state index is 14.4. The molecule has 3 fully saturated rings. The number of allylic oxidation sites excluding steroid dienone is 6. The van der Waals surface area contributed by atoms with Gasteiger partial charge in [0.05, 0.1) is 24.4 Å². The first-order valence-corrected chi connectivity index (χ1v) is 27.5. The molecule has 0 aromatic rings. The van der Waals surface area contributed by atoms with Crippen LogP contribution in [0.25, 0.3) is 0 Å². The minimum Gasteiger partial charge on any atom is -0.460 e. The minimum atomic E-state index is -2.43. The molecular formula is C54H87NO14P+. The van der Waals surface area contributed by atoms with Crippen LogP contribution in [0, 0.1) is 35.5 Å². The summed E-state index contributed by atoms with van der Waals surface area (Å²) in [5.74, 6) is -7.96. The van der Waals surface area contributed by atoms with E-state index in [9.17, 15) is 43.9 Å². The topological polar surface area (TPSA) is 212 Å². The molecule has 16 heteroatoms. The first-order valence-electron chi connectivity index (χ1n) is 25.6. The third kappa shape index (κ3) is 17.5. The second-order valence-electron chi connectivity index (χ2n) is 20.5. The molecule has 1 amide bonds. The average Bonchev–Trinajstić information content (AvgIpc) is 3.33. The third-order valence-electron chi connectivity index (χ3n) is 14.9. The fraction of sp³-hybridized carbons (Fsp3) is 0.759. The van der Waals surface area contributed by atoms with Crippen molar-refractivity contribution in [2.24, 2.45) is 35.5 Å². The van der Waals surface area contributed by atoms with Gasteiger partial charge in [0, 0.05) is 58.5 Å². The Morgan fingerprint density at radius 1 is 0.871 bits per heavy atom. The molecule has 3 aliphatic heterocycles. The Morgan fingerprint density at radius 3 is 2.19 bits per heavy atom.